The smallest absolute Gasteiger partial charge is 0.161 e. The zero-order valence-electron chi connectivity index (χ0n) is 11.1. The van der Waals surface area contributed by atoms with Gasteiger partial charge in [-0.1, -0.05) is 24.3 Å². The van der Waals surface area contributed by atoms with Crippen LogP contribution in [0.2, 0.25) is 0 Å². The highest BCUT2D eigenvalue weighted by Gasteiger charge is 2.33. The van der Waals surface area contributed by atoms with Crippen LogP contribution in [0.4, 0.5) is 4.39 Å². The predicted molar refractivity (Wildman–Crippen MR) is 74.7 cm³/mol. The molecule has 0 aliphatic heterocycles. The molecule has 0 saturated carbocycles. The third kappa shape index (κ3) is 2.91. The number of ether oxygens (including phenoxy) is 1. The molecule has 0 bridgehead atoms. The number of benzene rings is 1. The van der Waals surface area contributed by atoms with Crippen molar-refractivity contribution in [1.82, 2.24) is 4.98 Å². The fraction of sp³-hybridized carbons (Fsp3) is 0.400. The Kier molecular flexibility index (Phi) is 4.45. The molecule has 3 nitrogen and oxygen atoms in total. The fourth-order valence-electron chi connectivity index (χ4n) is 2.37. The van der Waals surface area contributed by atoms with Crippen LogP contribution in [0.5, 0.6) is 0 Å². The molecule has 2 N–H and O–H groups in total. The lowest BCUT2D eigenvalue weighted by molar-refractivity contribution is 0.0312. The molecule has 1 aromatic heterocycles. The Morgan fingerprint density at radius 3 is 2.84 bits per heavy atom. The van der Waals surface area contributed by atoms with Gasteiger partial charge in [-0.2, -0.15) is 0 Å². The predicted octanol–water partition coefficient (Wildman–Crippen LogP) is 2.78. The molecule has 1 heterocycles. The second-order valence-electron chi connectivity index (χ2n) is 4.70. The largest absolute Gasteiger partial charge is 0.381 e. The summed E-state index contributed by atoms with van der Waals surface area (Å²) in [5, 5.41) is 1.82. The molecule has 19 heavy (non-hydrogen) atoms. The van der Waals surface area contributed by atoms with Crippen molar-refractivity contribution in [3.8, 4) is 0 Å². The number of rotatable bonds is 6. The normalized spacial score (nSPS) is 14.5. The molecule has 102 valence electrons. The van der Waals surface area contributed by atoms with E-state index in [-0.39, 0.29) is 6.61 Å². The Labute approximate surface area is 112 Å². The van der Waals surface area contributed by atoms with Crippen LogP contribution in [0.3, 0.4) is 0 Å². The van der Waals surface area contributed by atoms with E-state index in [4.69, 9.17) is 10.5 Å². The molecule has 0 saturated heterocycles. The van der Waals surface area contributed by atoms with E-state index in [0.717, 1.165) is 10.8 Å². The van der Waals surface area contributed by atoms with Crippen molar-refractivity contribution in [1.29, 1.82) is 0 Å². The molecule has 1 aromatic carbocycles. The molecule has 2 rings (SSSR count). The molecule has 4 heteroatoms. The number of methoxy groups -OCH3 is 1. The number of nitrogens with zero attached hydrogens (tertiary/aromatic N) is 1. The zero-order chi connectivity index (χ0) is 13.7. The van der Waals surface area contributed by atoms with Crippen molar-refractivity contribution in [2.45, 2.75) is 18.5 Å². The first-order valence-corrected chi connectivity index (χ1v) is 6.42. The van der Waals surface area contributed by atoms with Gasteiger partial charge in [0, 0.05) is 30.5 Å². The van der Waals surface area contributed by atoms with Crippen LogP contribution in [-0.4, -0.2) is 25.2 Å². The fourth-order valence-corrected chi connectivity index (χ4v) is 2.37. The molecule has 2 aromatic rings. The summed E-state index contributed by atoms with van der Waals surface area (Å²) in [5.74, 6) is 0. The van der Waals surface area contributed by atoms with Gasteiger partial charge in [-0.25, -0.2) is 4.39 Å². The van der Waals surface area contributed by atoms with Gasteiger partial charge in [0.25, 0.3) is 0 Å². The highest BCUT2D eigenvalue weighted by molar-refractivity contribution is 5.85. The monoisotopic (exact) mass is 262 g/mol. The van der Waals surface area contributed by atoms with Gasteiger partial charge >= 0.3 is 0 Å². The lowest BCUT2D eigenvalue weighted by Crippen LogP contribution is -2.27. The highest BCUT2D eigenvalue weighted by Crippen LogP contribution is 2.35. The van der Waals surface area contributed by atoms with E-state index in [1.807, 2.05) is 24.3 Å². The summed E-state index contributed by atoms with van der Waals surface area (Å²) in [6.07, 6.45) is 4.29. The maximum absolute atomic E-state index is 15.2. The topological polar surface area (TPSA) is 48.1 Å². The Morgan fingerprint density at radius 2 is 2.11 bits per heavy atom. The molecular formula is C15H19FN2O. The van der Waals surface area contributed by atoms with E-state index >= 15 is 4.39 Å². The average Bonchev–Trinajstić information content (AvgIpc) is 2.45. The number of pyridine rings is 1. The summed E-state index contributed by atoms with van der Waals surface area (Å²) in [6.45, 7) is 0.482. The molecule has 1 unspecified atom stereocenters. The molecule has 0 fully saturated rings. The van der Waals surface area contributed by atoms with Gasteiger partial charge in [0.05, 0.1) is 6.61 Å². The van der Waals surface area contributed by atoms with Crippen molar-refractivity contribution >= 4 is 10.8 Å². The zero-order valence-corrected chi connectivity index (χ0v) is 11.1. The van der Waals surface area contributed by atoms with Gasteiger partial charge < -0.3 is 10.5 Å². The van der Waals surface area contributed by atoms with Crippen molar-refractivity contribution in [3.05, 3.63) is 42.2 Å². The van der Waals surface area contributed by atoms with E-state index in [2.05, 4.69) is 4.98 Å². The second kappa shape index (κ2) is 6.08. The SMILES string of the molecule is COCC(F)(CCCN)c1cncc2ccccc12. The van der Waals surface area contributed by atoms with Crippen LogP contribution in [0.25, 0.3) is 10.8 Å². The number of alkyl halides is 1. The molecule has 0 radical (unpaired) electrons. The van der Waals surface area contributed by atoms with E-state index in [9.17, 15) is 0 Å². The first kappa shape index (κ1) is 13.9. The van der Waals surface area contributed by atoms with Crippen molar-refractivity contribution in [2.75, 3.05) is 20.3 Å². The van der Waals surface area contributed by atoms with Gasteiger partial charge in [0.2, 0.25) is 0 Å². The van der Waals surface area contributed by atoms with Crippen LogP contribution in [0, 0.1) is 0 Å². The van der Waals surface area contributed by atoms with Crippen molar-refractivity contribution < 1.29 is 9.13 Å². The number of nitrogens with two attached hydrogens (primary N) is 1. The lowest BCUT2D eigenvalue weighted by Gasteiger charge is -2.26. The van der Waals surface area contributed by atoms with Crippen LogP contribution in [-0.2, 0) is 10.4 Å². The van der Waals surface area contributed by atoms with Crippen molar-refractivity contribution in [3.63, 3.8) is 0 Å². The van der Waals surface area contributed by atoms with Gasteiger partial charge in [-0.05, 0) is 24.8 Å². The Balaban J connectivity index is 2.49. The minimum absolute atomic E-state index is 0.0166. The van der Waals surface area contributed by atoms with E-state index in [1.165, 1.54) is 7.11 Å². The van der Waals surface area contributed by atoms with E-state index < -0.39 is 5.67 Å². The number of aromatic nitrogens is 1. The average molecular weight is 262 g/mol. The Hall–Kier alpha value is -1.52. The third-order valence-electron chi connectivity index (χ3n) is 3.30. The van der Waals surface area contributed by atoms with Gasteiger partial charge in [0.1, 0.15) is 0 Å². The van der Waals surface area contributed by atoms with E-state index in [0.29, 0.717) is 24.9 Å². The molecular weight excluding hydrogens is 243 g/mol. The molecule has 0 amide bonds. The minimum Gasteiger partial charge on any atom is -0.381 e. The second-order valence-corrected chi connectivity index (χ2v) is 4.70. The lowest BCUT2D eigenvalue weighted by atomic mass is 9.89. The number of hydrogen-bond donors (Lipinski definition) is 1. The maximum Gasteiger partial charge on any atom is 0.161 e. The first-order valence-electron chi connectivity index (χ1n) is 6.42. The highest BCUT2D eigenvalue weighted by atomic mass is 19.1. The molecule has 1 atom stereocenters. The van der Waals surface area contributed by atoms with Crippen LogP contribution in [0.15, 0.2) is 36.7 Å². The van der Waals surface area contributed by atoms with Gasteiger partial charge in [-0.3, -0.25) is 4.98 Å². The van der Waals surface area contributed by atoms with Gasteiger partial charge in [0.15, 0.2) is 5.67 Å². The molecule has 0 spiro atoms. The Bertz CT molecular complexity index is 541. The summed E-state index contributed by atoms with van der Waals surface area (Å²) >= 11 is 0. The number of halogens is 1. The summed E-state index contributed by atoms with van der Waals surface area (Å²) in [5.41, 5.74) is 4.54. The summed E-state index contributed by atoms with van der Waals surface area (Å²) in [7, 11) is 1.51. The van der Waals surface area contributed by atoms with Crippen LogP contribution < -0.4 is 5.73 Å². The maximum atomic E-state index is 15.2. The summed E-state index contributed by atoms with van der Waals surface area (Å²) < 4.78 is 20.3. The minimum atomic E-state index is -1.54. The molecule has 0 aliphatic rings. The van der Waals surface area contributed by atoms with E-state index in [1.54, 1.807) is 12.4 Å². The summed E-state index contributed by atoms with van der Waals surface area (Å²) in [6, 6.07) is 7.67. The third-order valence-corrected chi connectivity index (χ3v) is 3.30. The first-order chi connectivity index (χ1) is 9.21. The summed E-state index contributed by atoms with van der Waals surface area (Å²) in [4.78, 5) is 4.14. The number of fused-ring (bicyclic) bond motifs is 1. The van der Waals surface area contributed by atoms with Gasteiger partial charge in [-0.15, -0.1) is 0 Å². The van der Waals surface area contributed by atoms with Crippen molar-refractivity contribution in [2.24, 2.45) is 5.73 Å². The molecule has 0 aliphatic carbocycles. The number of hydrogen-bond acceptors (Lipinski definition) is 3. The van der Waals surface area contributed by atoms with Crippen LogP contribution in [0.1, 0.15) is 18.4 Å². The standard InChI is InChI=1S/C15H19FN2O/c1-19-11-15(16,7-4-8-17)14-10-18-9-12-5-2-3-6-13(12)14/h2-3,5-6,9-10H,4,7-8,11,17H2,1H3. The Morgan fingerprint density at radius 1 is 1.32 bits per heavy atom. The van der Waals surface area contributed by atoms with Crippen LogP contribution >= 0.6 is 0 Å². The quantitative estimate of drug-likeness (QED) is 0.870.